The van der Waals surface area contributed by atoms with Crippen LogP contribution in [0.2, 0.25) is 0 Å². The number of anilines is 1. The Kier molecular flexibility index (Phi) is 7.94. The molecule has 2 aliphatic rings. The molecule has 0 aromatic heterocycles. The number of hydrogen-bond donors (Lipinski definition) is 0. The predicted octanol–water partition coefficient (Wildman–Crippen LogP) is 3.00. The molecule has 2 fully saturated rings. The van der Waals surface area contributed by atoms with Crippen LogP contribution in [0.25, 0.3) is 0 Å². The van der Waals surface area contributed by atoms with Crippen LogP contribution in [0.1, 0.15) is 32.3 Å². The fourth-order valence-corrected chi connectivity index (χ4v) is 4.06. The summed E-state index contributed by atoms with van der Waals surface area (Å²) in [5.41, 5.74) is 1.84. The van der Waals surface area contributed by atoms with Crippen LogP contribution in [0.4, 0.5) is 5.69 Å². The van der Waals surface area contributed by atoms with Crippen LogP contribution >= 0.6 is 12.4 Å². The minimum atomic E-state index is 0. The fourth-order valence-electron chi connectivity index (χ4n) is 4.06. The van der Waals surface area contributed by atoms with E-state index in [0.29, 0.717) is 17.4 Å². The second-order valence-corrected chi connectivity index (χ2v) is 7.94. The van der Waals surface area contributed by atoms with E-state index in [1.165, 1.54) is 0 Å². The number of piperazine rings is 1. The molecule has 0 atom stereocenters. The van der Waals surface area contributed by atoms with Crippen LogP contribution < -0.4 is 4.90 Å². The van der Waals surface area contributed by atoms with Gasteiger partial charge in [0.1, 0.15) is 0 Å². The summed E-state index contributed by atoms with van der Waals surface area (Å²) in [5.74, 6) is 1.21. The maximum Gasteiger partial charge on any atom is 0.225 e. The zero-order valence-electron chi connectivity index (χ0n) is 16.4. The van der Waals surface area contributed by atoms with E-state index in [2.05, 4.69) is 34.6 Å². The molecule has 27 heavy (non-hydrogen) atoms. The number of carbonyl (C=O) groups is 1. The Balaban J connectivity index is 0.00000261. The quantitative estimate of drug-likeness (QED) is 0.793. The van der Waals surface area contributed by atoms with E-state index in [1.807, 2.05) is 24.3 Å². The van der Waals surface area contributed by atoms with Crippen molar-refractivity contribution in [1.29, 1.82) is 5.26 Å². The van der Waals surface area contributed by atoms with Gasteiger partial charge in [-0.2, -0.15) is 5.26 Å². The first-order valence-electron chi connectivity index (χ1n) is 9.83. The van der Waals surface area contributed by atoms with Gasteiger partial charge in [-0.3, -0.25) is 9.69 Å². The molecule has 0 N–H and O–H groups in total. The Morgan fingerprint density at radius 3 is 2.19 bits per heavy atom. The van der Waals surface area contributed by atoms with Gasteiger partial charge in [0.05, 0.1) is 11.6 Å². The molecular weight excluding hydrogens is 360 g/mol. The molecule has 1 aromatic rings. The number of nitrogens with zero attached hydrogens (tertiary/aromatic N) is 4. The molecule has 0 unspecified atom stereocenters. The van der Waals surface area contributed by atoms with Gasteiger partial charge in [-0.1, -0.05) is 13.8 Å². The highest BCUT2D eigenvalue weighted by molar-refractivity contribution is 5.85. The van der Waals surface area contributed by atoms with Crippen LogP contribution in [0.5, 0.6) is 0 Å². The van der Waals surface area contributed by atoms with Gasteiger partial charge in [-0.25, -0.2) is 0 Å². The highest BCUT2D eigenvalue weighted by atomic mass is 35.5. The van der Waals surface area contributed by atoms with Gasteiger partial charge < -0.3 is 9.80 Å². The van der Waals surface area contributed by atoms with Gasteiger partial charge in [0, 0.05) is 57.4 Å². The average Bonchev–Trinajstić information content (AvgIpc) is 2.68. The van der Waals surface area contributed by atoms with Gasteiger partial charge in [0.25, 0.3) is 0 Å². The summed E-state index contributed by atoms with van der Waals surface area (Å²) in [6.07, 6.45) is 1.84. The molecule has 2 saturated heterocycles. The summed E-state index contributed by atoms with van der Waals surface area (Å²) in [7, 11) is 0. The summed E-state index contributed by atoms with van der Waals surface area (Å²) in [6, 6.07) is 9.90. The number of carbonyl (C=O) groups excluding carboxylic acids is 1. The number of benzene rings is 1. The first-order valence-corrected chi connectivity index (χ1v) is 9.83. The molecule has 1 aromatic carbocycles. The number of hydrogen-bond acceptors (Lipinski definition) is 4. The molecule has 0 saturated carbocycles. The first-order chi connectivity index (χ1) is 12.6. The van der Waals surface area contributed by atoms with Crippen LogP contribution in [-0.2, 0) is 4.79 Å². The molecule has 0 bridgehead atoms. The number of nitriles is 1. The number of amides is 1. The van der Waals surface area contributed by atoms with E-state index >= 15 is 0 Å². The summed E-state index contributed by atoms with van der Waals surface area (Å²) in [6.45, 7) is 11.2. The van der Waals surface area contributed by atoms with Gasteiger partial charge in [0.15, 0.2) is 0 Å². The number of rotatable bonds is 4. The molecule has 2 aliphatic heterocycles. The third-order valence-electron chi connectivity index (χ3n) is 5.51. The first kappa shape index (κ1) is 21.5. The lowest BCUT2D eigenvalue weighted by Gasteiger charge is -2.39. The molecule has 3 rings (SSSR count). The highest BCUT2D eigenvalue weighted by Gasteiger charge is 2.30. The topological polar surface area (TPSA) is 50.6 Å². The number of halogens is 1. The third kappa shape index (κ3) is 5.60. The lowest BCUT2D eigenvalue weighted by molar-refractivity contribution is -0.138. The summed E-state index contributed by atoms with van der Waals surface area (Å²) in [5, 5.41) is 8.91. The molecule has 1 amide bonds. The van der Waals surface area contributed by atoms with Gasteiger partial charge in [0.2, 0.25) is 5.91 Å². The van der Waals surface area contributed by atoms with Crippen molar-refractivity contribution < 1.29 is 4.79 Å². The van der Waals surface area contributed by atoms with Crippen LogP contribution in [0.3, 0.4) is 0 Å². The second kappa shape index (κ2) is 9.96. The zero-order chi connectivity index (χ0) is 18.5. The van der Waals surface area contributed by atoms with E-state index in [-0.39, 0.29) is 18.3 Å². The van der Waals surface area contributed by atoms with Crippen molar-refractivity contribution in [3.63, 3.8) is 0 Å². The van der Waals surface area contributed by atoms with E-state index in [1.54, 1.807) is 0 Å². The standard InChI is InChI=1S/C21H30N4O.ClH/c1-17(2)16-23-11-13-25(14-12-23)21(26)19-7-9-24(10-8-19)20-5-3-18(15-22)4-6-20;/h3-6,17,19H,7-14,16H2,1-2H3;1H. The average molecular weight is 391 g/mol. The summed E-state index contributed by atoms with van der Waals surface area (Å²) in [4.78, 5) is 19.7. The van der Waals surface area contributed by atoms with Crippen LogP contribution in [0.15, 0.2) is 24.3 Å². The van der Waals surface area contributed by atoms with Gasteiger partial charge in [-0.05, 0) is 43.0 Å². The Morgan fingerprint density at radius 1 is 1.07 bits per heavy atom. The maximum atomic E-state index is 12.9. The SMILES string of the molecule is CC(C)CN1CCN(C(=O)C2CCN(c3ccc(C#N)cc3)CC2)CC1.Cl. The Bertz CT molecular complexity index is 639. The van der Waals surface area contributed by atoms with E-state index in [9.17, 15) is 4.79 Å². The van der Waals surface area contributed by atoms with E-state index < -0.39 is 0 Å². The predicted molar refractivity (Wildman–Crippen MR) is 111 cm³/mol. The lowest BCUT2D eigenvalue weighted by atomic mass is 9.94. The van der Waals surface area contributed by atoms with Crippen LogP contribution in [-0.4, -0.2) is 61.5 Å². The van der Waals surface area contributed by atoms with Crippen molar-refractivity contribution in [2.75, 3.05) is 50.7 Å². The fraction of sp³-hybridized carbons (Fsp3) is 0.619. The van der Waals surface area contributed by atoms with Crippen molar-refractivity contribution in [3.05, 3.63) is 29.8 Å². The van der Waals surface area contributed by atoms with Gasteiger partial charge in [-0.15, -0.1) is 12.4 Å². The van der Waals surface area contributed by atoms with Crippen molar-refractivity contribution >= 4 is 24.0 Å². The number of piperidine rings is 1. The van der Waals surface area contributed by atoms with Crippen molar-refractivity contribution in [2.24, 2.45) is 11.8 Å². The summed E-state index contributed by atoms with van der Waals surface area (Å²) >= 11 is 0. The smallest absolute Gasteiger partial charge is 0.225 e. The molecule has 6 heteroatoms. The highest BCUT2D eigenvalue weighted by Crippen LogP contribution is 2.25. The van der Waals surface area contributed by atoms with Crippen molar-refractivity contribution in [2.45, 2.75) is 26.7 Å². The Morgan fingerprint density at radius 2 is 1.67 bits per heavy atom. The molecule has 5 nitrogen and oxygen atoms in total. The molecule has 0 aliphatic carbocycles. The second-order valence-electron chi connectivity index (χ2n) is 7.94. The molecule has 148 valence electrons. The monoisotopic (exact) mass is 390 g/mol. The Hall–Kier alpha value is -1.77. The molecular formula is C21H31ClN4O. The molecule has 0 radical (unpaired) electrons. The van der Waals surface area contributed by atoms with Crippen LogP contribution in [0, 0.1) is 23.2 Å². The third-order valence-corrected chi connectivity index (χ3v) is 5.51. The lowest BCUT2D eigenvalue weighted by Crippen LogP contribution is -2.52. The molecule has 2 heterocycles. The maximum absolute atomic E-state index is 12.9. The largest absolute Gasteiger partial charge is 0.371 e. The van der Waals surface area contributed by atoms with E-state index in [0.717, 1.165) is 64.3 Å². The van der Waals surface area contributed by atoms with Crippen molar-refractivity contribution in [3.8, 4) is 6.07 Å². The molecule has 0 spiro atoms. The zero-order valence-corrected chi connectivity index (χ0v) is 17.2. The van der Waals surface area contributed by atoms with Crippen molar-refractivity contribution in [1.82, 2.24) is 9.80 Å². The minimum Gasteiger partial charge on any atom is -0.371 e. The summed E-state index contributed by atoms with van der Waals surface area (Å²) < 4.78 is 0. The van der Waals surface area contributed by atoms with Gasteiger partial charge >= 0.3 is 0 Å². The minimum absolute atomic E-state index is 0. The Labute approximate surface area is 169 Å². The normalized spacial score (nSPS) is 18.9. The van der Waals surface area contributed by atoms with E-state index in [4.69, 9.17) is 5.26 Å².